The van der Waals surface area contributed by atoms with Crippen LogP contribution in [0.15, 0.2) is 29.9 Å². The van der Waals surface area contributed by atoms with Crippen LogP contribution in [-0.2, 0) is 4.74 Å². The second-order valence-corrected chi connectivity index (χ2v) is 5.45. The van der Waals surface area contributed by atoms with Crippen molar-refractivity contribution in [3.63, 3.8) is 0 Å². The van der Waals surface area contributed by atoms with Crippen LogP contribution in [0.1, 0.15) is 20.8 Å². The standard InChI is InChI=1S/C13H9ClN4O3S/c1-21-12(20)7-2-3-8(14)9(4-7)16-11(19)10-5-18-13(17-10)22-6-15-18/h2-6H,1H3,(H,16,19). The number of imidazole rings is 1. The summed E-state index contributed by atoms with van der Waals surface area (Å²) in [6.07, 6.45) is 1.51. The van der Waals surface area contributed by atoms with Crippen molar-refractivity contribution >= 4 is 45.5 Å². The van der Waals surface area contributed by atoms with E-state index < -0.39 is 11.9 Å². The van der Waals surface area contributed by atoms with Gasteiger partial charge in [-0.25, -0.2) is 14.3 Å². The summed E-state index contributed by atoms with van der Waals surface area (Å²) in [7, 11) is 1.28. The first-order valence-electron chi connectivity index (χ1n) is 6.06. The summed E-state index contributed by atoms with van der Waals surface area (Å²) in [6, 6.07) is 4.47. The van der Waals surface area contributed by atoms with E-state index in [1.807, 2.05) is 0 Å². The molecule has 112 valence electrons. The molecule has 9 heteroatoms. The summed E-state index contributed by atoms with van der Waals surface area (Å²) in [4.78, 5) is 28.5. The molecule has 1 amide bonds. The number of halogens is 1. The normalized spacial score (nSPS) is 10.6. The van der Waals surface area contributed by atoms with Gasteiger partial charge >= 0.3 is 5.97 Å². The lowest BCUT2D eigenvalue weighted by Crippen LogP contribution is -2.13. The molecule has 0 spiro atoms. The maximum absolute atomic E-state index is 12.2. The third-order valence-corrected chi connectivity index (χ3v) is 3.87. The topological polar surface area (TPSA) is 85.6 Å². The van der Waals surface area contributed by atoms with Crippen LogP contribution in [-0.4, -0.2) is 33.6 Å². The molecule has 22 heavy (non-hydrogen) atoms. The lowest BCUT2D eigenvalue weighted by atomic mass is 10.2. The van der Waals surface area contributed by atoms with E-state index in [1.165, 1.54) is 47.4 Å². The molecule has 0 saturated carbocycles. The highest BCUT2D eigenvalue weighted by Gasteiger charge is 2.15. The summed E-state index contributed by atoms with van der Waals surface area (Å²) in [5.41, 5.74) is 2.42. The molecule has 0 unspecified atom stereocenters. The molecule has 0 aliphatic heterocycles. The number of esters is 1. The zero-order valence-electron chi connectivity index (χ0n) is 11.2. The van der Waals surface area contributed by atoms with Crippen LogP contribution in [0.25, 0.3) is 4.96 Å². The smallest absolute Gasteiger partial charge is 0.337 e. The summed E-state index contributed by atoms with van der Waals surface area (Å²) in [6.45, 7) is 0. The van der Waals surface area contributed by atoms with Crippen molar-refractivity contribution in [3.8, 4) is 0 Å². The largest absolute Gasteiger partial charge is 0.465 e. The number of nitrogens with one attached hydrogen (secondary N) is 1. The van der Waals surface area contributed by atoms with E-state index in [1.54, 1.807) is 5.51 Å². The monoisotopic (exact) mass is 336 g/mol. The highest BCUT2D eigenvalue weighted by atomic mass is 35.5. The lowest BCUT2D eigenvalue weighted by molar-refractivity contribution is 0.0600. The van der Waals surface area contributed by atoms with Gasteiger partial charge in [-0.05, 0) is 18.2 Å². The van der Waals surface area contributed by atoms with Crippen LogP contribution in [0.4, 0.5) is 5.69 Å². The Morgan fingerprint density at radius 1 is 1.41 bits per heavy atom. The summed E-state index contributed by atoms with van der Waals surface area (Å²) < 4.78 is 6.14. The van der Waals surface area contributed by atoms with E-state index in [-0.39, 0.29) is 11.3 Å². The molecule has 0 saturated heterocycles. The molecule has 1 N–H and O–H groups in total. The molecular formula is C13H9ClN4O3S. The Hall–Kier alpha value is -2.45. The Morgan fingerprint density at radius 2 is 2.23 bits per heavy atom. The first-order valence-corrected chi connectivity index (χ1v) is 7.32. The second kappa shape index (κ2) is 5.74. The number of carbonyl (C=O) groups is 2. The van der Waals surface area contributed by atoms with Crippen LogP contribution in [0, 0.1) is 0 Å². The van der Waals surface area contributed by atoms with Gasteiger partial charge in [0.15, 0.2) is 0 Å². The zero-order chi connectivity index (χ0) is 15.7. The SMILES string of the molecule is COC(=O)c1ccc(Cl)c(NC(=O)c2cn3ncsc3n2)c1. The Morgan fingerprint density at radius 3 is 2.95 bits per heavy atom. The highest BCUT2D eigenvalue weighted by Crippen LogP contribution is 2.24. The number of hydrogen-bond acceptors (Lipinski definition) is 6. The molecule has 7 nitrogen and oxygen atoms in total. The van der Waals surface area contributed by atoms with Crippen LogP contribution < -0.4 is 5.32 Å². The minimum atomic E-state index is -0.515. The number of hydrogen-bond donors (Lipinski definition) is 1. The second-order valence-electron chi connectivity index (χ2n) is 4.23. The predicted molar refractivity (Wildman–Crippen MR) is 81.6 cm³/mol. The minimum Gasteiger partial charge on any atom is -0.465 e. The molecular weight excluding hydrogens is 328 g/mol. The Kier molecular flexibility index (Phi) is 3.78. The van der Waals surface area contributed by atoms with Crippen LogP contribution >= 0.6 is 22.9 Å². The van der Waals surface area contributed by atoms with Gasteiger partial charge in [0.1, 0.15) is 11.2 Å². The van der Waals surface area contributed by atoms with Crippen molar-refractivity contribution in [2.24, 2.45) is 0 Å². The highest BCUT2D eigenvalue weighted by molar-refractivity contribution is 7.14. The number of fused-ring (bicyclic) bond motifs is 1. The van der Waals surface area contributed by atoms with E-state index >= 15 is 0 Å². The van der Waals surface area contributed by atoms with Crippen molar-refractivity contribution in [1.82, 2.24) is 14.6 Å². The van der Waals surface area contributed by atoms with Gasteiger partial charge in [0.25, 0.3) is 5.91 Å². The maximum atomic E-state index is 12.2. The van der Waals surface area contributed by atoms with Crippen molar-refractivity contribution in [3.05, 3.63) is 46.2 Å². The quantitative estimate of drug-likeness (QED) is 0.743. The zero-order valence-corrected chi connectivity index (χ0v) is 12.8. The first-order chi connectivity index (χ1) is 10.6. The molecule has 3 aromatic rings. The minimum absolute atomic E-state index is 0.207. The van der Waals surface area contributed by atoms with Crippen molar-refractivity contribution in [2.75, 3.05) is 12.4 Å². The number of amides is 1. The molecule has 1 aromatic carbocycles. The average molecular weight is 337 g/mol. The fraction of sp³-hybridized carbons (Fsp3) is 0.0769. The third-order valence-electron chi connectivity index (χ3n) is 2.85. The van der Waals surface area contributed by atoms with Gasteiger partial charge in [0.2, 0.25) is 4.96 Å². The van der Waals surface area contributed by atoms with E-state index in [0.717, 1.165) is 0 Å². The number of methoxy groups -OCH3 is 1. The van der Waals surface area contributed by atoms with Gasteiger partial charge < -0.3 is 10.1 Å². The van der Waals surface area contributed by atoms with E-state index in [2.05, 4.69) is 20.1 Å². The molecule has 0 atom stereocenters. The number of rotatable bonds is 3. The fourth-order valence-corrected chi connectivity index (χ4v) is 2.57. The Balaban J connectivity index is 1.87. The molecule has 0 fully saturated rings. The van der Waals surface area contributed by atoms with Crippen molar-refractivity contribution in [2.45, 2.75) is 0 Å². The third kappa shape index (κ3) is 2.66. The molecule has 0 bridgehead atoms. The molecule has 0 aliphatic carbocycles. The number of carbonyl (C=O) groups excluding carboxylic acids is 2. The Bertz CT molecular complexity index is 845. The summed E-state index contributed by atoms with van der Waals surface area (Å²) in [5, 5.41) is 6.92. The number of benzene rings is 1. The number of nitrogens with zero attached hydrogens (tertiary/aromatic N) is 3. The molecule has 2 heterocycles. The first kappa shape index (κ1) is 14.5. The van der Waals surface area contributed by atoms with E-state index in [4.69, 9.17) is 11.6 Å². The average Bonchev–Trinajstić information content (AvgIpc) is 3.10. The molecule has 0 aliphatic rings. The summed E-state index contributed by atoms with van der Waals surface area (Å²) in [5.74, 6) is -0.958. The summed E-state index contributed by atoms with van der Waals surface area (Å²) >= 11 is 7.35. The van der Waals surface area contributed by atoms with Crippen molar-refractivity contribution < 1.29 is 14.3 Å². The van der Waals surface area contributed by atoms with Crippen LogP contribution in [0.2, 0.25) is 5.02 Å². The van der Waals surface area contributed by atoms with Crippen LogP contribution in [0.5, 0.6) is 0 Å². The molecule has 3 rings (SSSR count). The fourth-order valence-electron chi connectivity index (χ4n) is 1.80. The van der Waals surface area contributed by atoms with Crippen molar-refractivity contribution in [1.29, 1.82) is 0 Å². The van der Waals surface area contributed by atoms with E-state index in [0.29, 0.717) is 15.7 Å². The van der Waals surface area contributed by atoms with Gasteiger partial charge in [0, 0.05) is 0 Å². The number of aromatic nitrogens is 3. The van der Waals surface area contributed by atoms with Gasteiger partial charge in [-0.15, -0.1) is 0 Å². The predicted octanol–water partition coefficient (Wildman–Crippen LogP) is 2.48. The van der Waals surface area contributed by atoms with Crippen LogP contribution in [0.3, 0.4) is 0 Å². The lowest BCUT2D eigenvalue weighted by Gasteiger charge is -2.07. The molecule has 0 radical (unpaired) electrons. The van der Waals surface area contributed by atoms with Gasteiger partial charge in [0.05, 0.1) is 29.6 Å². The molecule has 2 aromatic heterocycles. The van der Waals surface area contributed by atoms with Gasteiger partial charge in [-0.3, -0.25) is 4.79 Å². The van der Waals surface area contributed by atoms with Gasteiger partial charge in [-0.1, -0.05) is 22.9 Å². The number of ether oxygens (including phenoxy) is 1. The van der Waals surface area contributed by atoms with E-state index in [9.17, 15) is 9.59 Å². The van der Waals surface area contributed by atoms with Gasteiger partial charge in [-0.2, -0.15) is 5.10 Å². The number of anilines is 1. The maximum Gasteiger partial charge on any atom is 0.337 e. The Labute approximate surface area is 133 Å².